The van der Waals surface area contributed by atoms with Crippen molar-refractivity contribution < 1.29 is 19.1 Å². The van der Waals surface area contributed by atoms with E-state index in [1.165, 1.54) is 12.1 Å². The molecule has 4 nitrogen and oxygen atoms in total. The number of nitrogens with zero attached hydrogens (tertiary/aromatic N) is 1. The summed E-state index contributed by atoms with van der Waals surface area (Å²) in [5, 5.41) is 8.76. The van der Waals surface area contributed by atoms with Gasteiger partial charge in [-0.3, -0.25) is 9.59 Å². The Balaban J connectivity index is 1.85. The fraction of sp³-hybridized carbons (Fsp3) is 0.529. The van der Waals surface area contributed by atoms with E-state index in [4.69, 9.17) is 5.11 Å². The number of amides is 1. The Kier molecular flexibility index (Phi) is 6.57. The van der Waals surface area contributed by atoms with E-state index in [2.05, 4.69) is 15.9 Å². The molecule has 0 spiro atoms. The van der Waals surface area contributed by atoms with E-state index in [9.17, 15) is 14.0 Å². The van der Waals surface area contributed by atoms with Crippen LogP contribution in [0.1, 0.15) is 37.7 Å². The lowest BCUT2D eigenvalue weighted by atomic mass is 9.93. The average molecular weight is 386 g/mol. The van der Waals surface area contributed by atoms with Crippen LogP contribution in [0.3, 0.4) is 0 Å². The molecule has 1 amide bonds. The van der Waals surface area contributed by atoms with Gasteiger partial charge in [0.25, 0.3) is 0 Å². The van der Waals surface area contributed by atoms with Gasteiger partial charge in [-0.25, -0.2) is 4.39 Å². The average Bonchev–Trinajstić information content (AvgIpc) is 2.53. The van der Waals surface area contributed by atoms with Crippen LogP contribution in [0.25, 0.3) is 0 Å². The number of rotatable bonds is 6. The van der Waals surface area contributed by atoms with Crippen molar-refractivity contribution in [2.24, 2.45) is 5.92 Å². The normalized spacial score (nSPS) is 18.0. The summed E-state index contributed by atoms with van der Waals surface area (Å²) in [5.41, 5.74) is 0.790. The van der Waals surface area contributed by atoms with Crippen molar-refractivity contribution in [1.29, 1.82) is 0 Å². The van der Waals surface area contributed by atoms with E-state index >= 15 is 0 Å². The first-order valence-electron chi connectivity index (χ1n) is 7.89. The Bertz CT molecular complexity index is 579. The number of carbonyl (C=O) groups is 2. The minimum Gasteiger partial charge on any atom is -0.481 e. The molecule has 1 atom stereocenters. The molecule has 1 fully saturated rings. The summed E-state index contributed by atoms with van der Waals surface area (Å²) in [6, 6.07) is 4.48. The molecule has 1 N–H and O–H groups in total. The van der Waals surface area contributed by atoms with Crippen molar-refractivity contribution in [3.05, 3.63) is 34.1 Å². The number of likely N-dealkylation sites (tertiary alicyclic amines) is 1. The number of aryl methyl sites for hydroxylation is 1. The second-order valence-electron chi connectivity index (χ2n) is 6.02. The number of piperidine rings is 1. The predicted octanol–water partition coefficient (Wildman–Crippen LogP) is 3.62. The highest BCUT2D eigenvalue weighted by atomic mass is 79.9. The van der Waals surface area contributed by atoms with Crippen LogP contribution in [0, 0.1) is 11.7 Å². The lowest BCUT2D eigenvalue weighted by Gasteiger charge is -2.32. The largest absolute Gasteiger partial charge is 0.481 e. The van der Waals surface area contributed by atoms with Gasteiger partial charge in [0.05, 0.1) is 0 Å². The number of aliphatic carboxylic acids is 1. The minimum absolute atomic E-state index is 0.0567. The quantitative estimate of drug-likeness (QED) is 0.813. The summed E-state index contributed by atoms with van der Waals surface area (Å²) >= 11 is 3.37. The van der Waals surface area contributed by atoms with Crippen molar-refractivity contribution in [3.8, 4) is 0 Å². The van der Waals surface area contributed by atoms with Crippen molar-refractivity contribution >= 4 is 27.8 Å². The molecule has 1 aromatic rings. The zero-order chi connectivity index (χ0) is 16.8. The maximum atomic E-state index is 13.3. The molecule has 126 valence electrons. The monoisotopic (exact) mass is 385 g/mol. The molecule has 6 heteroatoms. The summed E-state index contributed by atoms with van der Waals surface area (Å²) in [5.74, 6) is -0.766. The number of carbonyl (C=O) groups excluding carboxylic acids is 1. The van der Waals surface area contributed by atoms with Gasteiger partial charge in [-0.1, -0.05) is 15.9 Å². The van der Waals surface area contributed by atoms with Crippen LogP contribution in [0.5, 0.6) is 0 Å². The number of halogens is 2. The second kappa shape index (κ2) is 8.43. The zero-order valence-electron chi connectivity index (χ0n) is 12.9. The summed E-state index contributed by atoms with van der Waals surface area (Å²) in [6.07, 6.45) is 3.50. The Morgan fingerprint density at radius 2 is 2.13 bits per heavy atom. The van der Waals surface area contributed by atoms with Gasteiger partial charge in [-0.05, 0) is 55.4 Å². The number of hydrogen-bond donors (Lipinski definition) is 1. The lowest BCUT2D eigenvalue weighted by Crippen LogP contribution is -2.40. The van der Waals surface area contributed by atoms with Gasteiger partial charge in [0.2, 0.25) is 5.91 Å². The molecule has 1 heterocycles. The Labute approximate surface area is 143 Å². The highest BCUT2D eigenvalue weighted by Crippen LogP contribution is 2.23. The van der Waals surface area contributed by atoms with E-state index in [-0.39, 0.29) is 24.1 Å². The molecule has 0 radical (unpaired) electrons. The van der Waals surface area contributed by atoms with Gasteiger partial charge in [0, 0.05) is 30.4 Å². The van der Waals surface area contributed by atoms with Gasteiger partial charge in [-0.15, -0.1) is 0 Å². The Hall–Kier alpha value is -1.43. The first-order chi connectivity index (χ1) is 11.0. The molecular formula is C17H21BrFNO3. The summed E-state index contributed by atoms with van der Waals surface area (Å²) in [4.78, 5) is 24.8. The number of carboxylic acid groups (broad SMARTS) is 1. The molecule has 1 saturated heterocycles. The van der Waals surface area contributed by atoms with Crippen molar-refractivity contribution in [2.45, 2.75) is 38.5 Å². The third kappa shape index (κ3) is 5.61. The summed E-state index contributed by atoms with van der Waals surface area (Å²) < 4.78 is 14.1. The molecule has 1 unspecified atom stereocenters. The van der Waals surface area contributed by atoms with Crippen LogP contribution in [0.15, 0.2) is 22.7 Å². The minimum atomic E-state index is -0.788. The van der Waals surface area contributed by atoms with Gasteiger partial charge < -0.3 is 10.0 Å². The third-order valence-electron chi connectivity index (χ3n) is 4.25. The van der Waals surface area contributed by atoms with E-state index in [1.54, 1.807) is 6.07 Å². The fourth-order valence-electron chi connectivity index (χ4n) is 2.99. The molecule has 1 aliphatic heterocycles. The molecule has 23 heavy (non-hydrogen) atoms. The molecule has 0 aliphatic carbocycles. The van der Waals surface area contributed by atoms with Crippen molar-refractivity contribution in [3.63, 3.8) is 0 Å². The summed E-state index contributed by atoms with van der Waals surface area (Å²) in [6.45, 7) is 1.36. The first kappa shape index (κ1) is 17.9. The van der Waals surface area contributed by atoms with Crippen LogP contribution in [0.4, 0.5) is 4.39 Å². The third-order valence-corrected chi connectivity index (χ3v) is 5.03. The number of carboxylic acids is 1. The smallest absolute Gasteiger partial charge is 0.303 e. The standard InChI is InChI=1S/C17H21BrFNO3/c18-15-6-5-14(19)10-13(15)4-7-16(21)20-9-1-2-12(11-20)3-8-17(22)23/h5-6,10,12H,1-4,7-9,11H2,(H,22,23). The fourth-order valence-corrected chi connectivity index (χ4v) is 3.43. The molecule has 0 bridgehead atoms. The van der Waals surface area contributed by atoms with Crippen LogP contribution < -0.4 is 0 Å². The van der Waals surface area contributed by atoms with Gasteiger partial charge >= 0.3 is 5.97 Å². The highest BCUT2D eigenvalue weighted by molar-refractivity contribution is 9.10. The van der Waals surface area contributed by atoms with Gasteiger partial charge in [-0.2, -0.15) is 0 Å². The van der Waals surface area contributed by atoms with Crippen LogP contribution >= 0.6 is 15.9 Å². The lowest BCUT2D eigenvalue weighted by molar-refractivity contribution is -0.137. The van der Waals surface area contributed by atoms with E-state index < -0.39 is 5.97 Å². The number of hydrogen-bond acceptors (Lipinski definition) is 2. The molecular weight excluding hydrogens is 365 g/mol. The molecule has 1 aliphatic rings. The molecule has 0 aromatic heterocycles. The topological polar surface area (TPSA) is 57.6 Å². The maximum absolute atomic E-state index is 13.3. The Morgan fingerprint density at radius 1 is 1.35 bits per heavy atom. The van der Waals surface area contributed by atoms with Crippen LogP contribution in [-0.2, 0) is 16.0 Å². The molecule has 0 saturated carbocycles. The maximum Gasteiger partial charge on any atom is 0.303 e. The van der Waals surface area contributed by atoms with Gasteiger partial charge in [0.1, 0.15) is 5.82 Å². The van der Waals surface area contributed by atoms with Crippen LogP contribution in [-0.4, -0.2) is 35.0 Å². The van der Waals surface area contributed by atoms with Gasteiger partial charge in [0.15, 0.2) is 0 Å². The molecule has 2 rings (SSSR count). The SMILES string of the molecule is O=C(O)CCC1CCCN(C(=O)CCc2cc(F)ccc2Br)C1. The molecule has 1 aromatic carbocycles. The number of benzene rings is 1. The Morgan fingerprint density at radius 3 is 2.87 bits per heavy atom. The zero-order valence-corrected chi connectivity index (χ0v) is 14.5. The first-order valence-corrected chi connectivity index (χ1v) is 8.68. The highest BCUT2D eigenvalue weighted by Gasteiger charge is 2.23. The summed E-state index contributed by atoms with van der Waals surface area (Å²) in [7, 11) is 0. The van der Waals surface area contributed by atoms with E-state index in [0.717, 1.165) is 29.4 Å². The second-order valence-corrected chi connectivity index (χ2v) is 6.87. The van der Waals surface area contributed by atoms with E-state index in [0.29, 0.717) is 25.8 Å². The predicted molar refractivity (Wildman–Crippen MR) is 88.6 cm³/mol. The van der Waals surface area contributed by atoms with Crippen LogP contribution in [0.2, 0.25) is 0 Å². The van der Waals surface area contributed by atoms with Crippen molar-refractivity contribution in [2.75, 3.05) is 13.1 Å². The van der Waals surface area contributed by atoms with E-state index in [1.807, 2.05) is 4.90 Å². The van der Waals surface area contributed by atoms with Crippen molar-refractivity contribution in [1.82, 2.24) is 4.90 Å².